The van der Waals surface area contributed by atoms with E-state index in [1.165, 1.54) is 12.1 Å². The molecule has 0 amide bonds. The number of carbonyl (C=O) groups is 1. The first-order valence-electron chi connectivity index (χ1n) is 5.01. The molecule has 0 fully saturated rings. The molecule has 0 unspecified atom stereocenters. The normalized spacial score (nSPS) is 11.6. The molecular weight excluding hydrogens is 261 g/mol. The Morgan fingerprint density at radius 2 is 1.95 bits per heavy atom. The van der Waals surface area contributed by atoms with Gasteiger partial charge in [0.2, 0.25) is 0 Å². The second-order valence-corrected chi connectivity index (χ2v) is 3.38. The molecule has 0 saturated carbocycles. The van der Waals surface area contributed by atoms with Crippen LogP contribution in [0.3, 0.4) is 0 Å². The largest absolute Gasteiger partial charge is 0.465 e. The number of esters is 1. The van der Waals surface area contributed by atoms with Crippen LogP contribution < -0.4 is 5.32 Å². The summed E-state index contributed by atoms with van der Waals surface area (Å²) in [5, 5.41) is 11.2. The van der Waals surface area contributed by atoms with Crippen molar-refractivity contribution in [3.8, 4) is 6.07 Å². The maximum atomic E-state index is 12.3. The number of carbonyl (C=O) groups excluding carboxylic acids is 1. The molecule has 0 aliphatic heterocycles. The molecule has 0 bridgehead atoms. The van der Waals surface area contributed by atoms with Gasteiger partial charge >= 0.3 is 12.1 Å². The van der Waals surface area contributed by atoms with E-state index < -0.39 is 17.7 Å². The number of nitrogens with one attached hydrogen (secondary N) is 1. The SMILES string of the molecule is COC(=O)C(C#N)=CNc1ccc(C(F)(F)F)cc1. The third kappa shape index (κ3) is 4.03. The predicted molar refractivity (Wildman–Crippen MR) is 60.8 cm³/mol. The zero-order chi connectivity index (χ0) is 14.5. The van der Waals surface area contributed by atoms with Gasteiger partial charge in [-0.3, -0.25) is 0 Å². The van der Waals surface area contributed by atoms with Gasteiger partial charge in [0, 0.05) is 11.9 Å². The lowest BCUT2D eigenvalue weighted by molar-refractivity contribution is -0.137. The van der Waals surface area contributed by atoms with Crippen LogP contribution in [-0.2, 0) is 15.7 Å². The van der Waals surface area contributed by atoms with E-state index in [0.717, 1.165) is 25.4 Å². The van der Waals surface area contributed by atoms with Crippen LogP contribution >= 0.6 is 0 Å². The van der Waals surface area contributed by atoms with E-state index in [4.69, 9.17) is 5.26 Å². The van der Waals surface area contributed by atoms with E-state index >= 15 is 0 Å². The molecule has 0 heterocycles. The number of halogens is 3. The molecule has 100 valence electrons. The molecule has 19 heavy (non-hydrogen) atoms. The number of ether oxygens (including phenoxy) is 1. The van der Waals surface area contributed by atoms with E-state index in [0.29, 0.717) is 5.69 Å². The van der Waals surface area contributed by atoms with Crippen molar-refractivity contribution in [1.29, 1.82) is 5.26 Å². The van der Waals surface area contributed by atoms with Crippen molar-refractivity contribution in [2.24, 2.45) is 0 Å². The summed E-state index contributed by atoms with van der Waals surface area (Å²) in [5.74, 6) is -0.832. The van der Waals surface area contributed by atoms with Crippen LogP contribution in [0.2, 0.25) is 0 Å². The average molecular weight is 270 g/mol. The monoisotopic (exact) mass is 270 g/mol. The molecule has 4 nitrogen and oxygen atoms in total. The number of hydrogen-bond donors (Lipinski definition) is 1. The van der Waals surface area contributed by atoms with Gasteiger partial charge in [0.15, 0.2) is 5.57 Å². The second kappa shape index (κ2) is 5.91. The van der Waals surface area contributed by atoms with Crippen molar-refractivity contribution in [2.45, 2.75) is 6.18 Å². The van der Waals surface area contributed by atoms with Crippen LogP contribution in [0.15, 0.2) is 36.0 Å². The van der Waals surface area contributed by atoms with Gasteiger partial charge in [-0.2, -0.15) is 18.4 Å². The number of anilines is 1. The van der Waals surface area contributed by atoms with Gasteiger partial charge in [0.05, 0.1) is 12.7 Å². The summed E-state index contributed by atoms with van der Waals surface area (Å²) in [6.07, 6.45) is -3.34. The molecule has 1 aromatic rings. The van der Waals surface area contributed by atoms with Crippen molar-refractivity contribution in [3.63, 3.8) is 0 Å². The molecular formula is C12H9F3N2O2. The van der Waals surface area contributed by atoms with Gasteiger partial charge in [-0.25, -0.2) is 4.79 Å². The number of methoxy groups -OCH3 is 1. The van der Waals surface area contributed by atoms with Gasteiger partial charge in [-0.1, -0.05) is 0 Å². The summed E-state index contributed by atoms with van der Waals surface area (Å²) < 4.78 is 41.2. The van der Waals surface area contributed by atoms with Gasteiger partial charge in [-0.15, -0.1) is 0 Å². The minimum Gasteiger partial charge on any atom is -0.465 e. The second-order valence-electron chi connectivity index (χ2n) is 3.38. The van der Waals surface area contributed by atoms with Crippen molar-refractivity contribution in [2.75, 3.05) is 12.4 Å². The quantitative estimate of drug-likeness (QED) is 0.521. The van der Waals surface area contributed by atoms with Gasteiger partial charge < -0.3 is 10.1 Å². The Labute approximate surface area is 107 Å². The maximum absolute atomic E-state index is 12.3. The molecule has 7 heteroatoms. The highest BCUT2D eigenvalue weighted by Gasteiger charge is 2.29. The number of nitriles is 1. The van der Waals surface area contributed by atoms with Crippen molar-refractivity contribution < 1.29 is 22.7 Å². The molecule has 1 rings (SSSR count). The maximum Gasteiger partial charge on any atom is 0.416 e. The number of alkyl halides is 3. The molecule has 1 aromatic carbocycles. The number of nitrogens with zero attached hydrogens (tertiary/aromatic N) is 1. The first-order valence-corrected chi connectivity index (χ1v) is 5.01. The molecule has 0 aromatic heterocycles. The Hall–Kier alpha value is -2.49. The lowest BCUT2D eigenvalue weighted by atomic mass is 10.2. The number of benzene rings is 1. The minimum absolute atomic E-state index is 0.289. The fourth-order valence-electron chi connectivity index (χ4n) is 1.16. The van der Waals surface area contributed by atoms with Crippen LogP contribution in [0.25, 0.3) is 0 Å². The van der Waals surface area contributed by atoms with Crippen molar-refractivity contribution >= 4 is 11.7 Å². The van der Waals surface area contributed by atoms with Crippen molar-refractivity contribution in [3.05, 3.63) is 41.6 Å². The van der Waals surface area contributed by atoms with E-state index in [1.54, 1.807) is 6.07 Å². The Bertz CT molecular complexity index is 527. The molecule has 0 aliphatic rings. The first-order chi connectivity index (χ1) is 8.88. The highest BCUT2D eigenvalue weighted by molar-refractivity contribution is 5.92. The topological polar surface area (TPSA) is 62.1 Å². The third-order valence-electron chi connectivity index (χ3n) is 2.12. The van der Waals surface area contributed by atoms with Crippen LogP contribution in [-0.4, -0.2) is 13.1 Å². The summed E-state index contributed by atoms with van der Waals surface area (Å²) in [7, 11) is 1.12. The zero-order valence-corrected chi connectivity index (χ0v) is 9.78. The van der Waals surface area contributed by atoms with Crippen LogP contribution in [0.1, 0.15) is 5.56 Å². The van der Waals surface area contributed by atoms with E-state index in [9.17, 15) is 18.0 Å². The lowest BCUT2D eigenvalue weighted by Crippen LogP contribution is -2.06. The summed E-state index contributed by atoms with van der Waals surface area (Å²) in [4.78, 5) is 11.0. The van der Waals surface area contributed by atoms with E-state index in [-0.39, 0.29) is 5.57 Å². The van der Waals surface area contributed by atoms with Gasteiger partial charge in [-0.05, 0) is 24.3 Å². The smallest absolute Gasteiger partial charge is 0.416 e. The molecule has 0 saturated heterocycles. The highest BCUT2D eigenvalue weighted by Crippen LogP contribution is 2.29. The lowest BCUT2D eigenvalue weighted by Gasteiger charge is -2.07. The van der Waals surface area contributed by atoms with Gasteiger partial charge in [0.25, 0.3) is 0 Å². The molecule has 0 radical (unpaired) electrons. The predicted octanol–water partition coefficient (Wildman–Crippen LogP) is 2.70. The Morgan fingerprint density at radius 3 is 2.37 bits per heavy atom. The standard InChI is InChI=1S/C12H9F3N2O2/c1-19-11(18)8(6-16)7-17-10-4-2-9(3-5-10)12(13,14)15/h2-5,7,17H,1H3. The van der Waals surface area contributed by atoms with Crippen LogP contribution in [0.5, 0.6) is 0 Å². The zero-order valence-electron chi connectivity index (χ0n) is 9.78. The summed E-state index contributed by atoms with van der Waals surface area (Å²) in [6, 6.07) is 5.75. The molecule has 0 aliphatic carbocycles. The first kappa shape index (κ1) is 14.6. The Kier molecular flexibility index (Phi) is 4.53. The van der Waals surface area contributed by atoms with Crippen molar-refractivity contribution in [1.82, 2.24) is 0 Å². The Balaban J connectivity index is 2.82. The highest BCUT2D eigenvalue weighted by atomic mass is 19.4. The summed E-state index contributed by atoms with van der Waals surface area (Å²) in [6.45, 7) is 0. The van der Waals surface area contributed by atoms with E-state index in [2.05, 4.69) is 10.1 Å². The van der Waals surface area contributed by atoms with Gasteiger partial charge in [0.1, 0.15) is 6.07 Å². The number of hydrogen-bond acceptors (Lipinski definition) is 4. The summed E-state index contributed by atoms with van der Waals surface area (Å²) >= 11 is 0. The fraction of sp³-hybridized carbons (Fsp3) is 0.167. The molecule has 1 N–H and O–H groups in total. The third-order valence-corrected chi connectivity index (χ3v) is 2.12. The fourth-order valence-corrected chi connectivity index (χ4v) is 1.16. The summed E-state index contributed by atoms with van der Waals surface area (Å²) in [5.41, 5.74) is -0.762. The van der Waals surface area contributed by atoms with Crippen LogP contribution in [0.4, 0.5) is 18.9 Å². The molecule has 0 spiro atoms. The molecule has 0 atom stereocenters. The number of rotatable bonds is 3. The van der Waals surface area contributed by atoms with E-state index in [1.807, 2.05) is 0 Å². The van der Waals surface area contributed by atoms with Crippen LogP contribution in [0, 0.1) is 11.3 Å². The average Bonchev–Trinajstić information content (AvgIpc) is 2.38. The minimum atomic E-state index is -4.40. The Morgan fingerprint density at radius 1 is 1.37 bits per heavy atom.